The van der Waals surface area contributed by atoms with Crippen molar-refractivity contribution in [1.29, 1.82) is 0 Å². The van der Waals surface area contributed by atoms with Crippen LogP contribution >= 0.6 is 0 Å². The summed E-state index contributed by atoms with van der Waals surface area (Å²) in [6.45, 7) is 6.56. The third-order valence-corrected chi connectivity index (χ3v) is 3.94. The van der Waals surface area contributed by atoms with Gasteiger partial charge in [-0.3, -0.25) is 9.79 Å². The molecular weight excluding hydrogens is 280 g/mol. The molecule has 2 aliphatic rings. The zero-order chi connectivity index (χ0) is 15.8. The minimum atomic E-state index is 0.182. The van der Waals surface area contributed by atoms with Gasteiger partial charge in [0, 0.05) is 39.2 Å². The quantitative estimate of drug-likeness (QED) is 0.356. The number of nitrogens with one attached hydrogen (secondary N) is 2. The van der Waals surface area contributed by atoms with E-state index in [1.165, 1.54) is 12.8 Å². The largest absolute Gasteiger partial charge is 0.379 e. The van der Waals surface area contributed by atoms with E-state index in [0.717, 1.165) is 51.0 Å². The van der Waals surface area contributed by atoms with Crippen LogP contribution in [0.25, 0.3) is 0 Å². The van der Waals surface area contributed by atoms with Crippen molar-refractivity contribution in [2.45, 2.75) is 32.6 Å². The molecule has 0 aliphatic heterocycles. The maximum absolute atomic E-state index is 11.5. The Labute approximate surface area is 133 Å². The molecule has 2 saturated carbocycles. The second-order valence-electron chi connectivity index (χ2n) is 6.24. The van der Waals surface area contributed by atoms with E-state index in [-0.39, 0.29) is 11.8 Å². The lowest BCUT2D eigenvalue weighted by Crippen LogP contribution is -2.41. The molecule has 0 heterocycles. The van der Waals surface area contributed by atoms with Crippen molar-refractivity contribution in [3.8, 4) is 0 Å². The molecule has 0 aromatic rings. The second kappa shape index (κ2) is 8.98. The Balaban J connectivity index is 1.61. The topological polar surface area (TPSA) is 66.0 Å². The Hall–Kier alpha value is -1.30. The summed E-state index contributed by atoms with van der Waals surface area (Å²) >= 11 is 0. The molecule has 0 aromatic carbocycles. The molecule has 0 bridgehead atoms. The van der Waals surface area contributed by atoms with Gasteiger partial charge in [-0.25, -0.2) is 0 Å². The van der Waals surface area contributed by atoms with Crippen LogP contribution in [0.1, 0.15) is 32.6 Å². The van der Waals surface area contributed by atoms with Crippen molar-refractivity contribution >= 4 is 11.9 Å². The van der Waals surface area contributed by atoms with Crippen molar-refractivity contribution in [3.05, 3.63) is 0 Å². The summed E-state index contributed by atoms with van der Waals surface area (Å²) in [5, 5.41) is 6.21. The van der Waals surface area contributed by atoms with Crippen LogP contribution < -0.4 is 10.6 Å². The summed E-state index contributed by atoms with van der Waals surface area (Å²) < 4.78 is 5.67. The number of likely N-dealkylation sites (N-methyl/N-ethyl adjacent to an activating group) is 1. The normalized spacial score (nSPS) is 18.2. The fourth-order valence-electron chi connectivity index (χ4n) is 2.14. The van der Waals surface area contributed by atoms with Gasteiger partial charge in [0.15, 0.2) is 5.96 Å². The fourth-order valence-corrected chi connectivity index (χ4v) is 2.14. The maximum atomic E-state index is 11.5. The monoisotopic (exact) mass is 310 g/mol. The van der Waals surface area contributed by atoms with Gasteiger partial charge in [-0.1, -0.05) is 0 Å². The number of amides is 1. The van der Waals surface area contributed by atoms with Crippen LogP contribution in [-0.2, 0) is 9.53 Å². The number of ether oxygens (including phenoxy) is 1. The molecule has 2 N–H and O–H groups in total. The number of hydrogen-bond acceptors (Lipinski definition) is 3. The minimum absolute atomic E-state index is 0.182. The van der Waals surface area contributed by atoms with Crippen LogP contribution in [0.3, 0.4) is 0 Å². The molecule has 126 valence electrons. The zero-order valence-electron chi connectivity index (χ0n) is 13.9. The Bertz CT molecular complexity index is 378. The summed E-state index contributed by atoms with van der Waals surface area (Å²) in [6, 6.07) is 0. The highest BCUT2D eigenvalue weighted by molar-refractivity contribution is 5.81. The molecule has 2 aliphatic carbocycles. The molecule has 0 atom stereocenters. The van der Waals surface area contributed by atoms with E-state index in [2.05, 4.69) is 27.4 Å². The standard InChI is InChI=1S/C16H30N4O2/c1-3-17-16(19-9-8-18-15(21)14-6-7-14)20(2)10-11-22-12-13-4-5-13/h13-14H,3-12H2,1-2H3,(H,17,19)(H,18,21). The summed E-state index contributed by atoms with van der Waals surface area (Å²) in [5.74, 6) is 2.13. The predicted molar refractivity (Wildman–Crippen MR) is 87.9 cm³/mol. The van der Waals surface area contributed by atoms with E-state index in [4.69, 9.17) is 4.74 Å². The maximum Gasteiger partial charge on any atom is 0.223 e. The van der Waals surface area contributed by atoms with E-state index in [1.807, 2.05) is 7.05 Å². The summed E-state index contributed by atoms with van der Waals surface area (Å²) in [5.41, 5.74) is 0. The fraction of sp³-hybridized carbons (Fsp3) is 0.875. The van der Waals surface area contributed by atoms with Gasteiger partial charge in [0.05, 0.1) is 13.2 Å². The third-order valence-electron chi connectivity index (χ3n) is 3.94. The highest BCUT2D eigenvalue weighted by atomic mass is 16.5. The van der Waals surface area contributed by atoms with Crippen molar-refractivity contribution in [2.75, 3.05) is 46.4 Å². The number of hydrogen-bond donors (Lipinski definition) is 2. The number of aliphatic imine (C=N–C) groups is 1. The van der Waals surface area contributed by atoms with Gasteiger partial charge in [0.1, 0.15) is 0 Å². The SMILES string of the molecule is CCNC(=NCCNC(=O)C1CC1)N(C)CCOCC1CC1. The average molecular weight is 310 g/mol. The van der Waals surface area contributed by atoms with Gasteiger partial charge in [-0.2, -0.15) is 0 Å². The van der Waals surface area contributed by atoms with Gasteiger partial charge >= 0.3 is 0 Å². The van der Waals surface area contributed by atoms with Crippen LogP contribution in [0, 0.1) is 11.8 Å². The second-order valence-corrected chi connectivity index (χ2v) is 6.24. The molecule has 0 aromatic heterocycles. The van der Waals surface area contributed by atoms with Crippen LogP contribution in [0.4, 0.5) is 0 Å². The highest BCUT2D eigenvalue weighted by Crippen LogP contribution is 2.29. The Morgan fingerprint density at radius 2 is 2.05 bits per heavy atom. The van der Waals surface area contributed by atoms with E-state index in [9.17, 15) is 4.79 Å². The molecular formula is C16H30N4O2. The minimum Gasteiger partial charge on any atom is -0.379 e. The molecule has 6 heteroatoms. The zero-order valence-corrected chi connectivity index (χ0v) is 13.9. The van der Waals surface area contributed by atoms with Crippen molar-refractivity contribution in [2.24, 2.45) is 16.8 Å². The van der Waals surface area contributed by atoms with Crippen LogP contribution in [0.2, 0.25) is 0 Å². The first-order chi connectivity index (χ1) is 10.7. The smallest absolute Gasteiger partial charge is 0.223 e. The number of nitrogens with zero attached hydrogens (tertiary/aromatic N) is 2. The third kappa shape index (κ3) is 6.64. The van der Waals surface area contributed by atoms with Crippen molar-refractivity contribution in [3.63, 3.8) is 0 Å². The Morgan fingerprint density at radius 3 is 2.68 bits per heavy atom. The molecule has 6 nitrogen and oxygen atoms in total. The van der Waals surface area contributed by atoms with Gasteiger partial charge in [0.25, 0.3) is 0 Å². The number of carbonyl (C=O) groups excluding carboxylic acids is 1. The lowest BCUT2D eigenvalue weighted by Gasteiger charge is -2.22. The molecule has 2 rings (SSSR count). The van der Waals surface area contributed by atoms with E-state index in [0.29, 0.717) is 13.1 Å². The average Bonchev–Trinajstić information content (AvgIpc) is 3.39. The summed E-state index contributed by atoms with van der Waals surface area (Å²) in [7, 11) is 2.02. The molecule has 0 radical (unpaired) electrons. The van der Waals surface area contributed by atoms with Crippen molar-refractivity contribution in [1.82, 2.24) is 15.5 Å². The number of guanidine groups is 1. The lowest BCUT2D eigenvalue weighted by atomic mass is 10.4. The van der Waals surface area contributed by atoms with Gasteiger partial charge in [-0.05, 0) is 38.5 Å². The Morgan fingerprint density at radius 1 is 1.27 bits per heavy atom. The molecule has 0 unspecified atom stereocenters. The van der Waals surface area contributed by atoms with Crippen molar-refractivity contribution < 1.29 is 9.53 Å². The lowest BCUT2D eigenvalue weighted by molar-refractivity contribution is -0.122. The molecule has 22 heavy (non-hydrogen) atoms. The molecule has 0 spiro atoms. The van der Waals surface area contributed by atoms with Crippen LogP contribution in [-0.4, -0.2) is 63.2 Å². The molecule has 2 fully saturated rings. The number of carbonyl (C=O) groups is 1. The van der Waals surface area contributed by atoms with Gasteiger partial charge < -0.3 is 20.3 Å². The first-order valence-electron chi connectivity index (χ1n) is 8.55. The van der Waals surface area contributed by atoms with Crippen LogP contribution in [0.5, 0.6) is 0 Å². The Kier molecular flexibility index (Phi) is 6.96. The van der Waals surface area contributed by atoms with Gasteiger partial charge in [-0.15, -0.1) is 0 Å². The first kappa shape index (κ1) is 17.1. The number of rotatable bonds is 10. The van der Waals surface area contributed by atoms with E-state index in [1.54, 1.807) is 0 Å². The predicted octanol–water partition coefficient (Wildman–Crippen LogP) is 0.837. The van der Waals surface area contributed by atoms with Crippen LogP contribution in [0.15, 0.2) is 4.99 Å². The molecule has 0 saturated heterocycles. The van der Waals surface area contributed by atoms with E-state index >= 15 is 0 Å². The summed E-state index contributed by atoms with van der Waals surface area (Å²) in [4.78, 5) is 18.2. The molecule has 1 amide bonds. The highest BCUT2D eigenvalue weighted by Gasteiger charge is 2.28. The van der Waals surface area contributed by atoms with E-state index < -0.39 is 0 Å². The van der Waals surface area contributed by atoms with Gasteiger partial charge in [0.2, 0.25) is 5.91 Å². The summed E-state index contributed by atoms with van der Waals surface area (Å²) in [6.07, 6.45) is 4.74. The first-order valence-corrected chi connectivity index (χ1v) is 8.55.